The quantitative estimate of drug-likeness (QED) is 0.687. The van der Waals surface area contributed by atoms with E-state index in [1.54, 1.807) is 20.8 Å². The molecule has 0 spiro atoms. The van der Waals surface area contributed by atoms with Gasteiger partial charge in [0.2, 0.25) is 0 Å². The van der Waals surface area contributed by atoms with E-state index in [0.29, 0.717) is 0 Å². The number of amides is 1. The minimum atomic E-state index is -1.05. The number of carbonyl (C=O) groups is 2. The van der Waals surface area contributed by atoms with Crippen LogP contribution in [0.1, 0.15) is 20.8 Å². The zero-order chi connectivity index (χ0) is 10.4. The second kappa shape index (κ2) is 5.40. The molecule has 5 heteroatoms. The summed E-state index contributed by atoms with van der Waals surface area (Å²) in [4.78, 5) is 21.5. The normalized spacial score (nSPS) is 12.3. The van der Waals surface area contributed by atoms with Crippen molar-refractivity contribution in [2.24, 2.45) is 5.92 Å². The lowest BCUT2D eigenvalue weighted by atomic mass is 10.1. The largest absolute Gasteiger partial charge is 0.480 e. The number of alkyl carbamates (subject to hydrolysis) is 1. The average molecular weight is 189 g/mol. The molecular formula is C8H15NO4. The van der Waals surface area contributed by atoms with Crippen molar-refractivity contribution in [3.05, 3.63) is 0 Å². The third-order valence-electron chi connectivity index (χ3n) is 1.48. The smallest absolute Gasteiger partial charge is 0.407 e. The molecule has 13 heavy (non-hydrogen) atoms. The molecule has 1 amide bonds. The summed E-state index contributed by atoms with van der Waals surface area (Å²) in [5.74, 6) is -1.22. The van der Waals surface area contributed by atoms with Gasteiger partial charge in [0.15, 0.2) is 0 Å². The zero-order valence-corrected chi connectivity index (χ0v) is 8.03. The molecule has 0 saturated heterocycles. The number of carboxylic acid groups (broad SMARTS) is 1. The van der Waals surface area contributed by atoms with E-state index >= 15 is 0 Å². The van der Waals surface area contributed by atoms with E-state index in [9.17, 15) is 9.59 Å². The summed E-state index contributed by atoms with van der Waals surface area (Å²) in [7, 11) is 0. The minimum absolute atomic E-state index is 0.165. The van der Waals surface area contributed by atoms with Crippen LogP contribution in [0.3, 0.4) is 0 Å². The number of ether oxygens (including phenoxy) is 1. The Balaban J connectivity index is 4.10. The number of carboxylic acids is 1. The number of hydrogen-bond acceptors (Lipinski definition) is 3. The van der Waals surface area contributed by atoms with Crippen LogP contribution < -0.4 is 5.32 Å². The number of nitrogens with one attached hydrogen (secondary N) is 1. The Hall–Kier alpha value is -1.26. The topological polar surface area (TPSA) is 75.6 Å². The molecule has 0 heterocycles. The van der Waals surface area contributed by atoms with Crippen LogP contribution in [0, 0.1) is 5.92 Å². The van der Waals surface area contributed by atoms with Crippen molar-refractivity contribution in [1.82, 2.24) is 5.32 Å². The predicted molar refractivity (Wildman–Crippen MR) is 46.4 cm³/mol. The lowest BCUT2D eigenvalue weighted by molar-refractivity contribution is -0.140. The van der Waals surface area contributed by atoms with Gasteiger partial charge in [0, 0.05) is 0 Å². The monoisotopic (exact) mass is 189 g/mol. The molecule has 0 aliphatic heterocycles. The van der Waals surface area contributed by atoms with Crippen molar-refractivity contribution in [2.75, 3.05) is 6.61 Å². The molecule has 1 atom stereocenters. The molecule has 0 rings (SSSR count). The number of rotatable bonds is 4. The maximum atomic E-state index is 10.9. The average Bonchev–Trinajstić information content (AvgIpc) is 1.99. The summed E-state index contributed by atoms with van der Waals surface area (Å²) in [6, 6.07) is -0.890. The standard InChI is InChI=1S/C8H15NO4/c1-4-13-8(12)9-6(5(2)3)7(10)11/h5-6H,4H2,1-3H3,(H,9,12)(H,10,11)/t6-/m1/s1. The second-order valence-corrected chi connectivity index (χ2v) is 2.92. The summed E-state index contributed by atoms with van der Waals surface area (Å²) in [6.07, 6.45) is -0.691. The molecule has 0 unspecified atom stereocenters. The zero-order valence-electron chi connectivity index (χ0n) is 8.03. The summed E-state index contributed by atoms with van der Waals surface area (Å²) < 4.78 is 4.56. The van der Waals surface area contributed by atoms with E-state index < -0.39 is 18.1 Å². The number of carbonyl (C=O) groups excluding carboxylic acids is 1. The van der Waals surface area contributed by atoms with Crippen LogP contribution in [-0.4, -0.2) is 29.8 Å². The van der Waals surface area contributed by atoms with Crippen molar-refractivity contribution in [3.63, 3.8) is 0 Å². The summed E-state index contributed by atoms with van der Waals surface area (Å²) in [5, 5.41) is 10.9. The molecule has 5 nitrogen and oxygen atoms in total. The summed E-state index contributed by atoms with van der Waals surface area (Å²) >= 11 is 0. The molecule has 0 aromatic heterocycles. The molecule has 0 radical (unpaired) electrons. The van der Waals surface area contributed by atoms with Gasteiger partial charge in [-0.2, -0.15) is 0 Å². The molecule has 0 bridgehead atoms. The van der Waals surface area contributed by atoms with Crippen LogP contribution in [0.5, 0.6) is 0 Å². The van der Waals surface area contributed by atoms with Gasteiger partial charge in [-0.05, 0) is 12.8 Å². The van der Waals surface area contributed by atoms with E-state index in [2.05, 4.69) is 10.1 Å². The highest BCUT2D eigenvalue weighted by Crippen LogP contribution is 2.01. The van der Waals surface area contributed by atoms with Gasteiger partial charge in [-0.3, -0.25) is 0 Å². The first kappa shape index (κ1) is 11.7. The van der Waals surface area contributed by atoms with E-state index in [4.69, 9.17) is 5.11 Å². The molecule has 0 aromatic rings. The van der Waals surface area contributed by atoms with Gasteiger partial charge in [-0.25, -0.2) is 9.59 Å². The van der Waals surface area contributed by atoms with Crippen molar-refractivity contribution in [1.29, 1.82) is 0 Å². The van der Waals surface area contributed by atoms with E-state index in [1.165, 1.54) is 0 Å². The SMILES string of the molecule is CCOC(=O)N[C@@H](C(=O)O)C(C)C. The molecule has 0 saturated carbocycles. The van der Waals surface area contributed by atoms with Gasteiger partial charge >= 0.3 is 12.1 Å². The maximum absolute atomic E-state index is 10.9. The van der Waals surface area contributed by atoms with E-state index in [0.717, 1.165) is 0 Å². The Bertz CT molecular complexity index is 191. The second-order valence-electron chi connectivity index (χ2n) is 2.92. The fourth-order valence-corrected chi connectivity index (χ4v) is 0.813. The lowest BCUT2D eigenvalue weighted by Crippen LogP contribution is -2.44. The third kappa shape index (κ3) is 4.35. The highest BCUT2D eigenvalue weighted by molar-refractivity contribution is 5.80. The van der Waals surface area contributed by atoms with Crippen molar-refractivity contribution < 1.29 is 19.4 Å². The number of aliphatic carboxylic acids is 1. The van der Waals surface area contributed by atoms with E-state index in [1.807, 2.05) is 0 Å². The van der Waals surface area contributed by atoms with Crippen molar-refractivity contribution in [2.45, 2.75) is 26.8 Å². The Morgan fingerprint density at radius 3 is 2.31 bits per heavy atom. The Kier molecular flexibility index (Phi) is 4.87. The third-order valence-corrected chi connectivity index (χ3v) is 1.48. The lowest BCUT2D eigenvalue weighted by Gasteiger charge is -2.16. The molecule has 2 N–H and O–H groups in total. The Morgan fingerprint density at radius 2 is 2.00 bits per heavy atom. The van der Waals surface area contributed by atoms with Crippen LogP contribution in [-0.2, 0) is 9.53 Å². The van der Waals surface area contributed by atoms with Gasteiger partial charge in [0.1, 0.15) is 6.04 Å². The summed E-state index contributed by atoms with van der Waals surface area (Å²) in [5.41, 5.74) is 0. The molecular weight excluding hydrogens is 174 g/mol. The van der Waals surface area contributed by atoms with Crippen LogP contribution in [0.4, 0.5) is 4.79 Å². The number of hydrogen-bond donors (Lipinski definition) is 2. The Morgan fingerprint density at radius 1 is 1.46 bits per heavy atom. The van der Waals surface area contributed by atoms with E-state index in [-0.39, 0.29) is 12.5 Å². The first-order valence-corrected chi connectivity index (χ1v) is 4.15. The van der Waals surface area contributed by atoms with Gasteiger partial charge in [-0.1, -0.05) is 13.8 Å². The summed E-state index contributed by atoms with van der Waals surface area (Å²) in [6.45, 7) is 5.32. The van der Waals surface area contributed by atoms with Crippen LogP contribution >= 0.6 is 0 Å². The van der Waals surface area contributed by atoms with Gasteiger partial charge in [0.25, 0.3) is 0 Å². The van der Waals surface area contributed by atoms with Crippen molar-refractivity contribution in [3.8, 4) is 0 Å². The molecule has 0 aliphatic carbocycles. The maximum Gasteiger partial charge on any atom is 0.407 e. The first-order valence-electron chi connectivity index (χ1n) is 4.15. The Labute approximate surface area is 77.1 Å². The van der Waals surface area contributed by atoms with Gasteiger partial charge in [-0.15, -0.1) is 0 Å². The van der Waals surface area contributed by atoms with Crippen LogP contribution in [0.25, 0.3) is 0 Å². The molecule has 0 aliphatic rings. The first-order chi connectivity index (χ1) is 5.99. The highest BCUT2D eigenvalue weighted by atomic mass is 16.5. The molecule has 76 valence electrons. The van der Waals surface area contributed by atoms with Crippen molar-refractivity contribution >= 4 is 12.1 Å². The van der Waals surface area contributed by atoms with Crippen LogP contribution in [0.2, 0.25) is 0 Å². The highest BCUT2D eigenvalue weighted by Gasteiger charge is 2.23. The fourth-order valence-electron chi connectivity index (χ4n) is 0.813. The van der Waals surface area contributed by atoms with Gasteiger partial charge in [0.05, 0.1) is 6.61 Å². The molecule has 0 fully saturated rings. The van der Waals surface area contributed by atoms with Gasteiger partial charge < -0.3 is 15.2 Å². The van der Waals surface area contributed by atoms with Crippen LogP contribution in [0.15, 0.2) is 0 Å². The predicted octanol–water partition coefficient (Wildman–Crippen LogP) is 0.842. The fraction of sp³-hybridized carbons (Fsp3) is 0.750. The minimum Gasteiger partial charge on any atom is -0.480 e. The molecule has 0 aromatic carbocycles.